The summed E-state index contributed by atoms with van der Waals surface area (Å²) in [5.41, 5.74) is 8.24. The Kier molecular flexibility index (Phi) is 5.76. The molecule has 118 valence electrons. The molecule has 1 aliphatic rings. The van der Waals surface area contributed by atoms with Crippen LogP contribution in [0.4, 0.5) is 0 Å². The first-order valence-electron chi connectivity index (χ1n) is 8.78. The predicted molar refractivity (Wildman–Crippen MR) is 98.3 cm³/mol. The smallest absolute Gasteiger partial charge is 0.0708 e. The summed E-state index contributed by atoms with van der Waals surface area (Å²) in [7, 11) is 0. The minimum atomic E-state index is 1.07. The van der Waals surface area contributed by atoms with E-state index in [1.807, 2.05) is 13.8 Å². The number of aromatic nitrogens is 1. The SMILES string of the molecule is CC.CCc1cc(C)nc2ccc(C3=C(C)CCCC3)cc12. The van der Waals surface area contributed by atoms with Gasteiger partial charge in [-0.3, -0.25) is 4.98 Å². The molecule has 0 fully saturated rings. The van der Waals surface area contributed by atoms with Gasteiger partial charge < -0.3 is 0 Å². The van der Waals surface area contributed by atoms with E-state index < -0.39 is 0 Å². The van der Waals surface area contributed by atoms with Crippen molar-refractivity contribution in [1.29, 1.82) is 0 Å². The molecule has 1 aromatic carbocycles. The van der Waals surface area contributed by atoms with Crippen LogP contribution >= 0.6 is 0 Å². The second-order valence-corrected chi connectivity index (χ2v) is 5.97. The van der Waals surface area contributed by atoms with Gasteiger partial charge in [0.15, 0.2) is 0 Å². The van der Waals surface area contributed by atoms with Crippen molar-refractivity contribution < 1.29 is 0 Å². The molecule has 22 heavy (non-hydrogen) atoms. The molecule has 1 heterocycles. The van der Waals surface area contributed by atoms with Crippen LogP contribution in [-0.2, 0) is 6.42 Å². The first-order chi connectivity index (χ1) is 10.7. The summed E-state index contributed by atoms with van der Waals surface area (Å²) in [5, 5.41) is 1.33. The summed E-state index contributed by atoms with van der Waals surface area (Å²) in [5.74, 6) is 0. The van der Waals surface area contributed by atoms with Crippen LogP contribution in [0.5, 0.6) is 0 Å². The fourth-order valence-corrected chi connectivity index (χ4v) is 3.37. The third kappa shape index (κ3) is 3.40. The quantitative estimate of drug-likeness (QED) is 0.618. The lowest BCUT2D eigenvalue weighted by Gasteiger charge is -2.19. The Hall–Kier alpha value is -1.63. The van der Waals surface area contributed by atoms with Gasteiger partial charge in [0.1, 0.15) is 0 Å². The number of pyridine rings is 1. The van der Waals surface area contributed by atoms with E-state index in [0.29, 0.717) is 0 Å². The van der Waals surface area contributed by atoms with Crippen molar-refractivity contribution in [3.05, 3.63) is 46.7 Å². The number of hydrogen-bond acceptors (Lipinski definition) is 1. The van der Waals surface area contributed by atoms with E-state index in [1.54, 1.807) is 11.1 Å². The maximum Gasteiger partial charge on any atom is 0.0708 e. The summed E-state index contributed by atoms with van der Waals surface area (Å²) < 4.78 is 0. The van der Waals surface area contributed by atoms with Crippen molar-refractivity contribution in [2.45, 2.75) is 66.7 Å². The molecule has 1 aliphatic carbocycles. The second kappa shape index (κ2) is 7.58. The van der Waals surface area contributed by atoms with Gasteiger partial charge in [-0.25, -0.2) is 0 Å². The molecule has 2 aromatic rings. The number of benzene rings is 1. The molecule has 0 atom stereocenters. The third-order valence-electron chi connectivity index (χ3n) is 4.50. The van der Waals surface area contributed by atoms with Crippen molar-refractivity contribution in [3.8, 4) is 0 Å². The summed E-state index contributed by atoms with van der Waals surface area (Å²) in [6, 6.07) is 9.06. The normalized spacial score (nSPS) is 14.8. The zero-order valence-electron chi connectivity index (χ0n) is 14.8. The average molecular weight is 295 g/mol. The lowest BCUT2D eigenvalue weighted by molar-refractivity contribution is 0.714. The van der Waals surface area contributed by atoms with Gasteiger partial charge in [-0.15, -0.1) is 0 Å². The fraction of sp³-hybridized carbons (Fsp3) is 0.476. The summed E-state index contributed by atoms with van der Waals surface area (Å²) >= 11 is 0. The highest BCUT2D eigenvalue weighted by atomic mass is 14.7. The van der Waals surface area contributed by atoms with Crippen molar-refractivity contribution in [2.24, 2.45) is 0 Å². The Morgan fingerprint density at radius 3 is 2.41 bits per heavy atom. The lowest BCUT2D eigenvalue weighted by Crippen LogP contribution is -1.98. The van der Waals surface area contributed by atoms with Gasteiger partial charge in [-0.1, -0.05) is 32.4 Å². The van der Waals surface area contributed by atoms with Crippen LogP contribution in [0.15, 0.2) is 29.8 Å². The fourth-order valence-electron chi connectivity index (χ4n) is 3.37. The van der Waals surface area contributed by atoms with Crippen molar-refractivity contribution >= 4 is 16.5 Å². The zero-order chi connectivity index (χ0) is 16.1. The molecule has 0 spiro atoms. The molecule has 0 unspecified atom stereocenters. The summed E-state index contributed by atoms with van der Waals surface area (Å²) in [6.07, 6.45) is 6.25. The van der Waals surface area contributed by atoms with Gasteiger partial charge in [0, 0.05) is 11.1 Å². The van der Waals surface area contributed by atoms with E-state index >= 15 is 0 Å². The number of fused-ring (bicyclic) bond motifs is 1. The van der Waals surface area contributed by atoms with Gasteiger partial charge in [-0.05, 0) is 80.9 Å². The number of hydrogen-bond donors (Lipinski definition) is 0. The molecular formula is C21H29N. The predicted octanol–water partition coefficient (Wildman–Crippen LogP) is 6.48. The Balaban J connectivity index is 0.000000847. The minimum Gasteiger partial charge on any atom is -0.253 e. The van der Waals surface area contributed by atoms with E-state index in [0.717, 1.165) is 17.6 Å². The average Bonchev–Trinajstić information content (AvgIpc) is 2.56. The van der Waals surface area contributed by atoms with Crippen LogP contribution in [0.1, 0.15) is 70.2 Å². The van der Waals surface area contributed by atoms with Crippen molar-refractivity contribution in [2.75, 3.05) is 0 Å². The number of aryl methyl sites for hydroxylation is 2. The molecule has 1 nitrogen and oxygen atoms in total. The van der Waals surface area contributed by atoms with Crippen LogP contribution < -0.4 is 0 Å². The molecule has 0 N–H and O–H groups in total. The van der Waals surface area contributed by atoms with Gasteiger partial charge in [0.2, 0.25) is 0 Å². The number of nitrogens with zero attached hydrogens (tertiary/aromatic N) is 1. The Morgan fingerprint density at radius 2 is 1.73 bits per heavy atom. The first kappa shape index (κ1) is 16.7. The molecule has 1 aromatic heterocycles. The maximum absolute atomic E-state index is 4.67. The highest BCUT2D eigenvalue weighted by Crippen LogP contribution is 2.33. The standard InChI is InChI=1S/C19H23N.C2H6/c1-4-15-11-14(3)20-19-10-9-16(12-18(15)19)17-8-6-5-7-13(17)2;1-2/h9-12H,4-8H2,1-3H3;1-2H3. The molecule has 0 bridgehead atoms. The van der Waals surface area contributed by atoms with Crippen LogP contribution in [0.3, 0.4) is 0 Å². The van der Waals surface area contributed by atoms with Crippen molar-refractivity contribution in [1.82, 2.24) is 4.98 Å². The Bertz CT molecular complexity index is 680. The first-order valence-corrected chi connectivity index (χ1v) is 8.78. The summed E-state index contributed by atoms with van der Waals surface area (Å²) in [6.45, 7) is 10.6. The Morgan fingerprint density at radius 1 is 1.00 bits per heavy atom. The molecule has 0 aliphatic heterocycles. The molecule has 0 saturated carbocycles. The number of rotatable bonds is 2. The van der Waals surface area contributed by atoms with Crippen LogP contribution in [0, 0.1) is 6.92 Å². The highest BCUT2D eigenvalue weighted by molar-refractivity contribution is 5.87. The second-order valence-electron chi connectivity index (χ2n) is 5.97. The molecule has 3 rings (SSSR count). The lowest BCUT2D eigenvalue weighted by atomic mass is 9.87. The monoisotopic (exact) mass is 295 g/mol. The molecule has 1 heteroatoms. The zero-order valence-corrected chi connectivity index (χ0v) is 14.8. The molecule has 0 amide bonds. The maximum atomic E-state index is 4.67. The topological polar surface area (TPSA) is 12.9 Å². The molecule has 0 radical (unpaired) electrons. The minimum absolute atomic E-state index is 1.07. The molecule has 0 saturated heterocycles. The van der Waals surface area contributed by atoms with Crippen molar-refractivity contribution in [3.63, 3.8) is 0 Å². The summed E-state index contributed by atoms with van der Waals surface area (Å²) in [4.78, 5) is 4.67. The number of allylic oxidation sites excluding steroid dienone is 2. The van der Waals surface area contributed by atoms with Crippen LogP contribution in [0.2, 0.25) is 0 Å². The van der Waals surface area contributed by atoms with Gasteiger partial charge in [0.25, 0.3) is 0 Å². The third-order valence-corrected chi connectivity index (χ3v) is 4.50. The Labute approximate surface area is 135 Å². The van der Waals surface area contributed by atoms with E-state index in [-0.39, 0.29) is 0 Å². The van der Waals surface area contributed by atoms with Gasteiger partial charge >= 0.3 is 0 Å². The van der Waals surface area contributed by atoms with Crippen LogP contribution in [0.25, 0.3) is 16.5 Å². The van der Waals surface area contributed by atoms with Crippen LogP contribution in [-0.4, -0.2) is 4.98 Å². The highest BCUT2D eigenvalue weighted by Gasteiger charge is 2.12. The largest absolute Gasteiger partial charge is 0.253 e. The van der Waals surface area contributed by atoms with E-state index in [2.05, 4.69) is 50.0 Å². The van der Waals surface area contributed by atoms with E-state index in [1.165, 1.54) is 42.2 Å². The molecular weight excluding hydrogens is 266 g/mol. The van der Waals surface area contributed by atoms with Gasteiger partial charge in [0.05, 0.1) is 5.52 Å². The van der Waals surface area contributed by atoms with E-state index in [4.69, 9.17) is 0 Å². The van der Waals surface area contributed by atoms with Gasteiger partial charge in [-0.2, -0.15) is 0 Å². The van der Waals surface area contributed by atoms with E-state index in [9.17, 15) is 0 Å².